The monoisotopic (exact) mass is 423 g/mol. The molecule has 4 rings (SSSR count). The Bertz CT molecular complexity index is 1040. The number of thiophene rings is 1. The van der Waals surface area contributed by atoms with E-state index in [4.69, 9.17) is 0 Å². The van der Waals surface area contributed by atoms with E-state index in [-0.39, 0.29) is 0 Å². The van der Waals surface area contributed by atoms with E-state index in [9.17, 15) is 0 Å². The summed E-state index contributed by atoms with van der Waals surface area (Å²) in [5, 5.41) is 6.68. The van der Waals surface area contributed by atoms with Gasteiger partial charge >= 0.3 is 0 Å². The second-order valence-electron chi connectivity index (χ2n) is 6.46. The fourth-order valence-corrected chi connectivity index (χ4v) is 4.08. The van der Waals surface area contributed by atoms with Crippen molar-refractivity contribution in [2.45, 2.75) is 19.8 Å². The number of fused-ring (bicyclic) bond motifs is 1. The van der Waals surface area contributed by atoms with Crippen molar-refractivity contribution in [2.75, 3.05) is 5.32 Å². The van der Waals surface area contributed by atoms with Crippen molar-refractivity contribution < 1.29 is 0 Å². The van der Waals surface area contributed by atoms with Crippen molar-refractivity contribution in [3.63, 3.8) is 0 Å². The van der Waals surface area contributed by atoms with Crippen LogP contribution >= 0.6 is 27.3 Å². The molecule has 1 N–H and O–H groups in total. The summed E-state index contributed by atoms with van der Waals surface area (Å²) in [6.45, 7) is 4.40. The van der Waals surface area contributed by atoms with Crippen molar-refractivity contribution >= 4 is 49.0 Å². The number of nitrogens with one attached hydrogen (secondary N) is 1. The molecule has 0 aliphatic rings. The van der Waals surface area contributed by atoms with Gasteiger partial charge in [0.05, 0.1) is 5.39 Å². The van der Waals surface area contributed by atoms with Crippen molar-refractivity contribution in [2.24, 2.45) is 0 Å². The first-order chi connectivity index (χ1) is 12.6. The first-order valence-electron chi connectivity index (χ1n) is 8.47. The lowest BCUT2D eigenvalue weighted by Gasteiger charge is -2.10. The molecule has 130 valence electrons. The highest BCUT2D eigenvalue weighted by atomic mass is 79.9. The van der Waals surface area contributed by atoms with Gasteiger partial charge < -0.3 is 5.32 Å². The van der Waals surface area contributed by atoms with E-state index in [2.05, 4.69) is 99.0 Å². The minimum absolute atomic E-state index is 0.524. The highest BCUT2D eigenvalue weighted by Gasteiger charge is 2.13. The molecule has 0 fully saturated rings. The largest absolute Gasteiger partial charge is 0.340 e. The number of aromatic nitrogens is 2. The molecule has 4 aromatic rings. The number of hydrogen-bond donors (Lipinski definition) is 1. The molecule has 0 saturated carbocycles. The van der Waals surface area contributed by atoms with Gasteiger partial charge in [-0.2, -0.15) is 0 Å². The molecular weight excluding hydrogens is 406 g/mol. The van der Waals surface area contributed by atoms with Crippen LogP contribution in [0, 0.1) is 0 Å². The molecule has 0 unspecified atom stereocenters. The van der Waals surface area contributed by atoms with Crippen LogP contribution in [0.4, 0.5) is 11.5 Å². The molecule has 2 aromatic carbocycles. The maximum absolute atomic E-state index is 4.51. The molecular formula is C21H18BrN3S. The second kappa shape index (κ2) is 7.17. The second-order valence-corrected chi connectivity index (χ2v) is 8.23. The first kappa shape index (κ1) is 17.2. The minimum atomic E-state index is 0.524. The molecule has 0 saturated heterocycles. The van der Waals surface area contributed by atoms with Crippen molar-refractivity contribution in [1.29, 1.82) is 0 Å². The summed E-state index contributed by atoms with van der Waals surface area (Å²) in [7, 11) is 0. The zero-order valence-corrected chi connectivity index (χ0v) is 16.9. The summed E-state index contributed by atoms with van der Waals surface area (Å²) in [4.78, 5) is 9.94. The van der Waals surface area contributed by atoms with E-state index in [1.807, 2.05) is 0 Å². The maximum Gasteiger partial charge on any atom is 0.143 e. The Kier molecular flexibility index (Phi) is 4.74. The molecule has 0 radical (unpaired) electrons. The van der Waals surface area contributed by atoms with Gasteiger partial charge in [-0.3, -0.25) is 0 Å². The van der Waals surface area contributed by atoms with Crippen LogP contribution in [0.15, 0.2) is 64.7 Å². The zero-order chi connectivity index (χ0) is 18.1. The van der Waals surface area contributed by atoms with E-state index in [0.29, 0.717) is 5.92 Å². The quantitative estimate of drug-likeness (QED) is 0.384. The van der Waals surface area contributed by atoms with Crippen molar-refractivity contribution in [3.05, 3.63) is 70.3 Å². The lowest BCUT2D eigenvalue weighted by atomic mass is 10.0. The van der Waals surface area contributed by atoms with Gasteiger partial charge in [0.1, 0.15) is 17.0 Å². The number of halogens is 1. The van der Waals surface area contributed by atoms with Gasteiger partial charge in [-0.1, -0.05) is 54.0 Å². The summed E-state index contributed by atoms with van der Waals surface area (Å²) in [6.07, 6.45) is 1.62. The normalized spacial score (nSPS) is 11.2. The lowest BCUT2D eigenvalue weighted by Crippen LogP contribution is -1.96. The van der Waals surface area contributed by atoms with Crippen LogP contribution in [0.1, 0.15) is 25.3 Å². The number of nitrogens with zero attached hydrogens (tertiary/aromatic N) is 2. The summed E-state index contributed by atoms with van der Waals surface area (Å²) in [6, 6.07) is 16.9. The SMILES string of the molecule is CC(C)c1ccc(Nc2ncnc3scc(-c4ccc(Br)cc4)c23)cc1. The number of benzene rings is 2. The van der Waals surface area contributed by atoms with Crippen LogP contribution in [0.3, 0.4) is 0 Å². The van der Waals surface area contributed by atoms with Gasteiger partial charge in [0, 0.05) is 21.1 Å². The molecule has 0 aliphatic heterocycles. The van der Waals surface area contributed by atoms with E-state index in [1.165, 1.54) is 5.56 Å². The van der Waals surface area contributed by atoms with Crippen molar-refractivity contribution in [3.8, 4) is 11.1 Å². The molecule has 2 heterocycles. The molecule has 0 bridgehead atoms. The molecule has 5 heteroatoms. The van der Waals surface area contributed by atoms with Crippen molar-refractivity contribution in [1.82, 2.24) is 9.97 Å². The van der Waals surface area contributed by atoms with Gasteiger partial charge in [0.15, 0.2) is 0 Å². The highest BCUT2D eigenvalue weighted by molar-refractivity contribution is 9.10. The average Bonchev–Trinajstić information content (AvgIpc) is 3.08. The molecule has 26 heavy (non-hydrogen) atoms. The number of hydrogen-bond acceptors (Lipinski definition) is 4. The Morgan fingerprint density at radius 1 is 0.962 bits per heavy atom. The molecule has 2 aromatic heterocycles. The van der Waals surface area contributed by atoms with E-state index < -0.39 is 0 Å². The zero-order valence-electron chi connectivity index (χ0n) is 14.5. The van der Waals surface area contributed by atoms with Gasteiger partial charge in [-0.15, -0.1) is 11.3 Å². The van der Waals surface area contributed by atoms with E-state index in [1.54, 1.807) is 17.7 Å². The lowest BCUT2D eigenvalue weighted by molar-refractivity contribution is 0.867. The Morgan fingerprint density at radius 3 is 2.38 bits per heavy atom. The average molecular weight is 424 g/mol. The highest BCUT2D eigenvalue weighted by Crippen LogP contribution is 2.37. The van der Waals surface area contributed by atoms with Gasteiger partial charge in [0.25, 0.3) is 0 Å². The third-order valence-corrected chi connectivity index (χ3v) is 5.78. The fourth-order valence-electron chi connectivity index (χ4n) is 2.90. The van der Waals surface area contributed by atoms with Crippen LogP contribution in [0.5, 0.6) is 0 Å². The summed E-state index contributed by atoms with van der Waals surface area (Å²) >= 11 is 5.14. The Hall–Kier alpha value is -2.24. The predicted octanol–water partition coefficient (Wildman–Crippen LogP) is 6.99. The number of anilines is 2. The Balaban J connectivity index is 1.75. The Labute approximate surface area is 165 Å². The van der Waals surface area contributed by atoms with Crippen LogP contribution in [-0.4, -0.2) is 9.97 Å². The standard InChI is InChI=1S/C21H18BrN3S/c1-13(2)14-5-9-17(10-6-14)25-20-19-18(11-26-21(19)24-12-23-20)15-3-7-16(22)8-4-15/h3-13H,1-2H3,(H,23,24,25). The van der Waals surface area contributed by atoms with Gasteiger partial charge in [-0.05, 0) is 41.3 Å². The summed E-state index contributed by atoms with van der Waals surface area (Å²) < 4.78 is 1.07. The molecule has 0 amide bonds. The van der Waals surface area contributed by atoms with Crippen LogP contribution in [0.25, 0.3) is 21.3 Å². The van der Waals surface area contributed by atoms with Gasteiger partial charge in [0.2, 0.25) is 0 Å². The minimum Gasteiger partial charge on any atom is -0.340 e. The Morgan fingerprint density at radius 2 is 1.69 bits per heavy atom. The topological polar surface area (TPSA) is 37.8 Å². The van der Waals surface area contributed by atoms with Crippen LogP contribution in [-0.2, 0) is 0 Å². The summed E-state index contributed by atoms with van der Waals surface area (Å²) in [5.41, 5.74) is 4.67. The first-order valence-corrected chi connectivity index (χ1v) is 10.1. The molecule has 0 aliphatic carbocycles. The third-order valence-electron chi connectivity index (χ3n) is 4.37. The van der Waals surface area contributed by atoms with E-state index >= 15 is 0 Å². The molecule has 0 spiro atoms. The van der Waals surface area contributed by atoms with E-state index in [0.717, 1.165) is 37.3 Å². The van der Waals surface area contributed by atoms with Crippen LogP contribution < -0.4 is 5.32 Å². The smallest absolute Gasteiger partial charge is 0.143 e. The number of rotatable bonds is 4. The summed E-state index contributed by atoms with van der Waals surface area (Å²) in [5.74, 6) is 1.36. The molecule has 3 nitrogen and oxygen atoms in total. The maximum atomic E-state index is 4.51. The fraction of sp³-hybridized carbons (Fsp3) is 0.143. The third kappa shape index (κ3) is 3.37. The van der Waals surface area contributed by atoms with Gasteiger partial charge in [-0.25, -0.2) is 9.97 Å². The molecule has 0 atom stereocenters. The predicted molar refractivity (Wildman–Crippen MR) is 114 cm³/mol. The van der Waals surface area contributed by atoms with Crippen LogP contribution in [0.2, 0.25) is 0 Å².